The van der Waals surface area contributed by atoms with Crippen LogP contribution in [0.5, 0.6) is 0 Å². The van der Waals surface area contributed by atoms with E-state index in [4.69, 9.17) is 0 Å². The van der Waals surface area contributed by atoms with Crippen LogP contribution in [0, 0.1) is 5.41 Å². The second-order valence-corrected chi connectivity index (χ2v) is 4.69. The van der Waals surface area contributed by atoms with E-state index in [1.807, 2.05) is 0 Å². The van der Waals surface area contributed by atoms with Crippen molar-refractivity contribution in [1.29, 1.82) is 0 Å². The highest BCUT2D eigenvalue weighted by molar-refractivity contribution is 7.77. The van der Waals surface area contributed by atoms with Crippen molar-refractivity contribution in [2.75, 3.05) is 33.2 Å². The summed E-state index contributed by atoms with van der Waals surface area (Å²) in [6, 6.07) is 0. The summed E-state index contributed by atoms with van der Waals surface area (Å²) in [5.41, 5.74) is 0.608. The first-order chi connectivity index (χ1) is 5.20. The highest BCUT2D eigenvalue weighted by Gasteiger charge is 2.41. The smallest absolute Gasteiger partial charge is 0.0157 e. The van der Waals surface area contributed by atoms with Gasteiger partial charge in [0.05, 0.1) is 0 Å². The zero-order valence-corrected chi connectivity index (χ0v) is 7.98. The lowest BCUT2D eigenvalue weighted by atomic mass is 9.87. The van der Waals surface area contributed by atoms with Gasteiger partial charge in [0.25, 0.3) is 0 Å². The Balaban J connectivity index is 2.02. The van der Waals surface area contributed by atoms with Crippen molar-refractivity contribution in [2.45, 2.75) is 12.8 Å². The van der Waals surface area contributed by atoms with E-state index in [0.29, 0.717) is 5.41 Å². The molecule has 3 heteroatoms. The Morgan fingerprint density at radius 1 is 1.18 bits per heavy atom. The Morgan fingerprint density at radius 3 is 2.36 bits per heavy atom. The third-order valence-corrected chi connectivity index (χ3v) is 3.39. The maximum atomic E-state index is 4.39. The lowest BCUT2D eigenvalue weighted by molar-refractivity contribution is 0.299. The Hall–Kier alpha value is 0.270. The molecule has 0 amide bonds. The molecule has 2 aliphatic heterocycles. The van der Waals surface area contributed by atoms with E-state index in [-0.39, 0.29) is 0 Å². The minimum absolute atomic E-state index is 0.608. The Kier molecular flexibility index (Phi) is 1.90. The minimum atomic E-state index is 0.608. The lowest BCUT2D eigenvalue weighted by Gasteiger charge is -2.21. The van der Waals surface area contributed by atoms with Crippen molar-refractivity contribution >= 4 is 12.8 Å². The van der Waals surface area contributed by atoms with Crippen molar-refractivity contribution < 1.29 is 0 Å². The average Bonchev–Trinajstić information content (AvgIpc) is 2.44. The van der Waals surface area contributed by atoms with Gasteiger partial charge in [-0.2, -0.15) is 0 Å². The Labute approximate surface area is 74.1 Å². The molecule has 2 fully saturated rings. The van der Waals surface area contributed by atoms with E-state index in [1.54, 1.807) is 0 Å². The van der Waals surface area contributed by atoms with Gasteiger partial charge in [0.1, 0.15) is 0 Å². The molecule has 2 rings (SSSR count). The SMILES string of the molecule is CN1CCC2(CCN(S)C2)C1. The topological polar surface area (TPSA) is 6.48 Å². The van der Waals surface area contributed by atoms with Crippen LogP contribution in [0.3, 0.4) is 0 Å². The van der Waals surface area contributed by atoms with Gasteiger partial charge in [-0.15, -0.1) is 0 Å². The largest absolute Gasteiger partial charge is 0.306 e. The molecular formula is C8H16N2S. The summed E-state index contributed by atoms with van der Waals surface area (Å²) in [6.07, 6.45) is 2.72. The van der Waals surface area contributed by atoms with Crippen LogP contribution in [0.15, 0.2) is 0 Å². The first-order valence-electron chi connectivity index (χ1n) is 4.33. The van der Waals surface area contributed by atoms with Crippen LogP contribution < -0.4 is 0 Å². The molecule has 0 aromatic heterocycles. The quantitative estimate of drug-likeness (QED) is 0.541. The second-order valence-electron chi connectivity index (χ2n) is 4.13. The average molecular weight is 172 g/mol. The molecule has 2 heterocycles. The van der Waals surface area contributed by atoms with Gasteiger partial charge in [-0.3, -0.25) is 4.31 Å². The molecule has 0 aromatic carbocycles. The molecular weight excluding hydrogens is 156 g/mol. The molecule has 0 saturated carbocycles. The van der Waals surface area contributed by atoms with Crippen molar-refractivity contribution in [3.63, 3.8) is 0 Å². The second kappa shape index (κ2) is 2.64. The van der Waals surface area contributed by atoms with Gasteiger partial charge in [-0.05, 0) is 31.8 Å². The summed E-state index contributed by atoms with van der Waals surface area (Å²) in [5, 5.41) is 0. The van der Waals surface area contributed by atoms with Gasteiger partial charge in [0, 0.05) is 19.6 Å². The third kappa shape index (κ3) is 1.42. The number of thiol groups is 1. The lowest BCUT2D eigenvalue weighted by Crippen LogP contribution is -2.26. The number of hydrogen-bond acceptors (Lipinski definition) is 3. The summed E-state index contributed by atoms with van der Waals surface area (Å²) in [4.78, 5) is 2.44. The van der Waals surface area contributed by atoms with Gasteiger partial charge in [-0.1, -0.05) is 12.8 Å². The minimum Gasteiger partial charge on any atom is -0.306 e. The van der Waals surface area contributed by atoms with Gasteiger partial charge >= 0.3 is 0 Å². The van der Waals surface area contributed by atoms with Crippen LogP contribution in [0.25, 0.3) is 0 Å². The molecule has 1 unspecified atom stereocenters. The van der Waals surface area contributed by atoms with Gasteiger partial charge in [0.2, 0.25) is 0 Å². The van der Waals surface area contributed by atoms with Gasteiger partial charge < -0.3 is 4.90 Å². The molecule has 11 heavy (non-hydrogen) atoms. The normalized spacial score (nSPS) is 40.9. The predicted molar refractivity (Wildman–Crippen MR) is 49.7 cm³/mol. The Bertz CT molecular complexity index is 142. The number of likely N-dealkylation sites (tertiary alicyclic amines) is 1. The Morgan fingerprint density at radius 2 is 1.91 bits per heavy atom. The van der Waals surface area contributed by atoms with E-state index in [1.165, 1.54) is 39.0 Å². The predicted octanol–water partition coefficient (Wildman–Crippen LogP) is 0.859. The van der Waals surface area contributed by atoms with Crippen LogP contribution in [-0.2, 0) is 0 Å². The van der Waals surface area contributed by atoms with Gasteiger partial charge in [0.15, 0.2) is 0 Å². The van der Waals surface area contributed by atoms with Crippen LogP contribution in [-0.4, -0.2) is 42.4 Å². The molecule has 0 aliphatic carbocycles. The highest BCUT2D eigenvalue weighted by Crippen LogP contribution is 2.39. The van der Waals surface area contributed by atoms with Crippen molar-refractivity contribution in [1.82, 2.24) is 9.21 Å². The van der Waals surface area contributed by atoms with E-state index < -0.39 is 0 Å². The zero-order chi connectivity index (χ0) is 7.90. The molecule has 0 bridgehead atoms. The highest BCUT2D eigenvalue weighted by atomic mass is 32.1. The fourth-order valence-corrected chi connectivity index (χ4v) is 2.80. The van der Waals surface area contributed by atoms with E-state index >= 15 is 0 Å². The molecule has 0 aromatic rings. The number of hydrogen-bond donors (Lipinski definition) is 1. The molecule has 1 atom stereocenters. The molecule has 0 N–H and O–H groups in total. The van der Waals surface area contributed by atoms with Crippen molar-refractivity contribution in [3.05, 3.63) is 0 Å². The summed E-state index contributed by atoms with van der Waals surface area (Å²) in [7, 11) is 2.22. The first-order valence-corrected chi connectivity index (χ1v) is 4.73. The monoisotopic (exact) mass is 172 g/mol. The molecule has 64 valence electrons. The van der Waals surface area contributed by atoms with Crippen LogP contribution in [0.2, 0.25) is 0 Å². The van der Waals surface area contributed by atoms with E-state index in [9.17, 15) is 0 Å². The molecule has 1 spiro atoms. The molecule has 2 saturated heterocycles. The van der Waals surface area contributed by atoms with E-state index in [2.05, 4.69) is 29.1 Å². The number of rotatable bonds is 0. The van der Waals surface area contributed by atoms with Crippen LogP contribution in [0.4, 0.5) is 0 Å². The zero-order valence-electron chi connectivity index (χ0n) is 7.08. The maximum absolute atomic E-state index is 4.39. The summed E-state index contributed by atoms with van der Waals surface area (Å²) >= 11 is 4.39. The van der Waals surface area contributed by atoms with Crippen LogP contribution in [0.1, 0.15) is 12.8 Å². The van der Waals surface area contributed by atoms with Crippen molar-refractivity contribution in [3.8, 4) is 0 Å². The van der Waals surface area contributed by atoms with Crippen molar-refractivity contribution in [2.24, 2.45) is 5.41 Å². The van der Waals surface area contributed by atoms with Crippen LogP contribution >= 0.6 is 12.8 Å². The summed E-state index contributed by atoms with van der Waals surface area (Å²) < 4.78 is 2.17. The maximum Gasteiger partial charge on any atom is 0.0157 e. The summed E-state index contributed by atoms with van der Waals surface area (Å²) in [5.74, 6) is 0. The van der Waals surface area contributed by atoms with E-state index in [0.717, 1.165) is 0 Å². The molecule has 0 radical (unpaired) electrons. The van der Waals surface area contributed by atoms with Gasteiger partial charge in [-0.25, -0.2) is 0 Å². The standard InChI is InChI=1S/C8H16N2S/c1-9-4-2-8(6-9)3-5-10(11)7-8/h11H,2-7H2,1H3. The third-order valence-electron chi connectivity index (χ3n) is 3.05. The fourth-order valence-electron chi connectivity index (χ4n) is 2.40. The summed E-state index contributed by atoms with van der Waals surface area (Å²) in [6.45, 7) is 4.93. The first kappa shape index (κ1) is 7.90. The molecule has 2 aliphatic rings. The molecule has 2 nitrogen and oxygen atoms in total. The fraction of sp³-hybridized carbons (Fsp3) is 1.00. The number of nitrogens with zero attached hydrogens (tertiary/aromatic N) is 2.